The van der Waals surface area contributed by atoms with Crippen LogP contribution in [0.25, 0.3) is 0 Å². The van der Waals surface area contributed by atoms with Crippen molar-refractivity contribution in [3.63, 3.8) is 0 Å². The Labute approximate surface area is 115 Å². The van der Waals surface area contributed by atoms with E-state index in [-0.39, 0.29) is 0 Å². The molecule has 2 rings (SSSR count). The minimum Gasteiger partial charge on any atom is -0.388 e. The molecule has 1 unspecified atom stereocenters. The minimum absolute atomic E-state index is 0.335. The topological polar surface area (TPSA) is 12.0 Å². The molecular weight excluding hydrogens is 238 g/mol. The van der Waals surface area contributed by atoms with Crippen molar-refractivity contribution in [3.8, 4) is 0 Å². The summed E-state index contributed by atoms with van der Waals surface area (Å²) in [6.45, 7) is 4.32. The summed E-state index contributed by atoms with van der Waals surface area (Å²) >= 11 is 4.60. The van der Waals surface area contributed by atoms with Gasteiger partial charge in [-0.25, -0.2) is 0 Å². The van der Waals surface area contributed by atoms with Crippen LogP contribution < -0.4 is 5.32 Å². The summed E-state index contributed by atoms with van der Waals surface area (Å²) in [7, 11) is 1.96. The highest BCUT2D eigenvalue weighted by molar-refractivity contribution is 7.80. The van der Waals surface area contributed by atoms with Crippen molar-refractivity contribution in [2.75, 3.05) is 12.4 Å². The fourth-order valence-electron chi connectivity index (χ4n) is 2.29. The maximum absolute atomic E-state index is 4.60. The van der Waals surface area contributed by atoms with Crippen molar-refractivity contribution in [1.82, 2.24) is 0 Å². The quantitative estimate of drug-likeness (QED) is 0.773. The lowest BCUT2D eigenvalue weighted by Crippen LogP contribution is -2.02. The molecule has 0 saturated carbocycles. The number of anilines is 1. The van der Waals surface area contributed by atoms with Crippen molar-refractivity contribution in [2.24, 2.45) is 0 Å². The van der Waals surface area contributed by atoms with E-state index in [9.17, 15) is 0 Å². The molecular formula is C16H19NS. The Hall–Kier alpha value is -1.41. The van der Waals surface area contributed by atoms with Crippen molar-refractivity contribution in [3.05, 3.63) is 59.2 Å². The molecule has 2 aromatic rings. The Morgan fingerprint density at radius 2 is 1.78 bits per heavy atom. The summed E-state index contributed by atoms with van der Waals surface area (Å²) in [5, 5.41) is 3.25. The van der Waals surface area contributed by atoms with Gasteiger partial charge in [0.25, 0.3) is 0 Å². The summed E-state index contributed by atoms with van der Waals surface area (Å²) in [4.78, 5) is 1.06. The van der Waals surface area contributed by atoms with Crippen LogP contribution in [0.3, 0.4) is 0 Å². The van der Waals surface area contributed by atoms with Crippen LogP contribution in [0, 0.1) is 6.92 Å². The Bertz CT molecular complexity index is 549. The van der Waals surface area contributed by atoms with Crippen molar-refractivity contribution in [1.29, 1.82) is 0 Å². The van der Waals surface area contributed by atoms with Gasteiger partial charge < -0.3 is 5.32 Å². The lowest BCUT2D eigenvalue weighted by atomic mass is 9.91. The lowest BCUT2D eigenvalue weighted by molar-refractivity contribution is 0.895. The SMILES string of the molecule is CNc1ccccc1C(C)c1ccc(C)cc1S. The number of thiol groups is 1. The van der Waals surface area contributed by atoms with E-state index in [1.807, 2.05) is 7.05 Å². The summed E-state index contributed by atoms with van der Waals surface area (Å²) < 4.78 is 0. The van der Waals surface area contributed by atoms with E-state index in [2.05, 4.69) is 74.3 Å². The second-order valence-electron chi connectivity index (χ2n) is 4.62. The van der Waals surface area contributed by atoms with Gasteiger partial charge in [-0.1, -0.05) is 42.8 Å². The number of hydrogen-bond donors (Lipinski definition) is 2. The molecule has 0 amide bonds. The molecule has 0 aromatic heterocycles. The zero-order valence-corrected chi connectivity index (χ0v) is 12.0. The summed E-state index contributed by atoms with van der Waals surface area (Å²) in [5.41, 5.74) is 5.00. The molecule has 0 aliphatic rings. The highest BCUT2D eigenvalue weighted by atomic mass is 32.1. The standard InChI is InChI=1S/C16H19NS/c1-11-8-9-14(16(18)10-11)12(2)13-6-4-5-7-15(13)17-3/h4-10,12,17-18H,1-3H3. The molecule has 0 radical (unpaired) electrons. The van der Waals surface area contributed by atoms with Gasteiger partial charge in [-0.15, -0.1) is 12.6 Å². The molecule has 0 heterocycles. The number of aryl methyl sites for hydroxylation is 1. The first kappa shape index (κ1) is 13.0. The summed E-state index contributed by atoms with van der Waals surface area (Å²) in [6.07, 6.45) is 0. The smallest absolute Gasteiger partial charge is 0.0376 e. The molecule has 1 N–H and O–H groups in total. The van der Waals surface area contributed by atoms with Crippen LogP contribution in [-0.2, 0) is 0 Å². The van der Waals surface area contributed by atoms with Crippen LogP contribution in [0.4, 0.5) is 5.69 Å². The molecule has 2 aromatic carbocycles. The third-order valence-electron chi connectivity index (χ3n) is 3.35. The minimum atomic E-state index is 0.335. The highest BCUT2D eigenvalue weighted by Crippen LogP contribution is 2.33. The van der Waals surface area contributed by atoms with Gasteiger partial charge in [0.05, 0.1) is 0 Å². The van der Waals surface area contributed by atoms with E-state index in [1.165, 1.54) is 22.4 Å². The van der Waals surface area contributed by atoms with E-state index in [4.69, 9.17) is 0 Å². The van der Waals surface area contributed by atoms with Crippen molar-refractivity contribution >= 4 is 18.3 Å². The van der Waals surface area contributed by atoms with Gasteiger partial charge in [-0.3, -0.25) is 0 Å². The van der Waals surface area contributed by atoms with Crippen LogP contribution in [0.2, 0.25) is 0 Å². The molecule has 0 fully saturated rings. The molecule has 94 valence electrons. The Kier molecular flexibility index (Phi) is 3.97. The van der Waals surface area contributed by atoms with E-state index in [1.54, 1.807) is 0 Å². The summed E-state index contributed by atoms with van der Waals surface area (Å²) in [5.74, 6) is 0.335. The van der Waals surface area contributed by atoms with Crippen LogP contribution in [0.5, 0.6) is 0 Å². The highest BCUT2D eigenvalue weighted by Gasteiger charge is 2.14. The molecule has 1 nitrogen and oxygen atoms in total. The number of benzene rings is 2. The van der Waals surface area contributed by atoms with E-state index in [0.717, 1.165) is 4.90 Å². The Morgan fingerprint density at radius 1 is 1.06 bits per heavy atom. The van der Waals surface area contributed by atoms with Gasteiger partial charge in [0.15, 0.2) is 0 Å². The zero-order valence-electron chi connectivity index (χ0n) is 11.1. The average Bonchev–Trinajstić information content (AvgIpc) is 2.38. The maximum atomic E-state index is 4.60. The van der Waals surface area contributed by atoms with E-state index < -0.39 is 0 Å². The number of para-hydroxylation sites is 1. The van der Waals surface area contributed by atoms with Crippen molar-refractivity contribution < 1.29 is 0 Å². The van der Waals surface area contributed by atoms with Gasteiger partial charge in [-0.2, -0.15) is 0 Å². The summed E-state index contributed by atoms with van der Waals surface area (Å²) in [6, 6.07) is 14.9. The molecule has 0 spiro atoms. The average molecular weight is 257 g/mol. The van der Waals surface area contributed by atoms with Gasteiger partial charge >= 0.3 is 0 Å². The lowest BCUT2D eigenvalue weighted by Gasteiger charge is -2.18. The molecule has 0 saturated heterocycles. The molecule has 1 atom stereocenters. The monoisotopic (exact) mass is 257 g/mol. The van der Waals surface area contributed by atoms with Gasteiger partial charge in [-0.05, 0) is 30.2 Å². The fourth-order valence-corrected chi connectivity index (χ4v) is 2.76. The fraction of sp³-hybridized carbons (Fsp3) is 0.250. The van der Waals surface area contributed by atoms with Gasteiger partial charge in [0, 0.05) is 23.5 Å². The Balaban J connectivity index is 2.44. The number of nitrogens with one attached hydrogen (secondary N) is 1. The van der Waals surface area contributed by atoms with Gasteiger partial charge in [0.1, 0.15) is 0 Å². The molecule has 18 heavy (non-hydrogen) atoms. The van der Waals surface area contributed by atoms with Crippen molar-refractivity contribution in [2.45, 2.75) is 24.7 Å². The van der Waals surface area contributed by atoms with E-state index in [0.29, 0.717) is 5.92 Å². The van der Waals surface area contributed by atoms with E-state index >= 15 is 0 Å². The first-order valence-corrected chi connectivity index (χ1v) is 6.64. The number of hydrogen-bond acceptors (Lipinski definition) is 2. The number of rotatable bonds is 3. The predicted molar refractivity (Wildman–Crippen MR) is 81.9 cm³/mol. The van der Waals surface area contributed by atoms with Crippen LogP contribution in [0.15, 0.2) is 47.4 Å². The van der Waals surface area contributed by atoms with Crippen LogP contribution >= 0.6 is 12.6 Å². The Morgan fingerprint density at radius 3 is 2.44 bits per heavy atom. The second kappa shape index (κ2) is 5.49. The third-order valence-corrected chi connectivity index (χ3v) is 3.74. The zero-order chi connectivity index (χ0) is 13.1. The first-order valence-electron chi connectivity index (χ1n) is 6.19. The molecule has 0 bridgehead atoms. The normalized spacial score (nSPS) is 12.2. The second-order valence-corrected chi connectivity index (χ2v) is 5.10. The predicted octanol–water partition coefficient (Wildman–Crippen LogP) is 4.48. The maximum Gasteiger partial charge on any atom is 0.0376 e. The largest absolute Gasteiger partial charge is 0.388 e. The molecule has 0 aliphatic heterocycles. The first-order chi connectivity index (χ1) is 8.63. The molecule has 0 aliphatic carbocycles. The molecule has 2 heteroatoms. The van der Waals surface area contributed by atoms with Crippen LogP contribution in [-0.4, -0.2) is 7.05 Å². The van der Waals surface area contributed by atoms with Crippen LogP contribution in [0.1, 0.15) is 29.5 Å². The van der Waals surface area contributed by atoms with Gasteiger partial charge in [0.2, 0.25) is 0 Å². The third kappa shape index (κ3) is 2.54.